The highest BCUT2D eigenvalue weighted by atomic mass is 32.2. The van der Waals surface area contributed by atoms with Crippen LogP contribution in [-0.4, -0.2) is 33.2 Å². The molecule has 0 saturated carbocycles. The van der Waals surface area contributed by atoms with E-state index in [0.29, 0.717) is 36.5 Å². The molecule has 0 aliphatic carbocycles. The molecule has 2 unspecified atom stereocenters. The molecule has 8 heteroatoms. The summed E-state index contributed by atoms with van der Waals surface area (Å²) in [5, 5.41) is 0. The van der Waals surface area contributed by atoms with Crippen LogP contribution < -0.4 is 4.74 Å². The normalized spacial score (nSPS) is 12.7. The number of benzene rings is 4. The summed E-state index contributed by atoms with van der Waals surface area (Å²) < 4.78 is 44.2. The summed E-state index contributed by atoms with van der Waals surface area (Å²) in [6, 6.07) is 31.7. The average molecular weight is 601 g/mol. The second kappa shape index (κ2) is 15.3. The Bertz CT molecular complexity index is 1580. The zero-order chi connectivity index (χ0) is 30.7. The number of carbonyl (C=O) groups is 2. The maximum atomic E-state index is 13.5. The second-order valence-electron chi connectivity index (χ2n) is 10.5. The predicted molar refractivity (Wildman–Crippen MR) is 165 cm³/mol. The lowest BCUT2D eigenvalue weighted by atomic mass is 9.83. The zero-order valence-electron chi connectivity index (χ0n) is 24.3. The zero-order valence-corrected chi connectivity index (χ0v) is 25.2. The molecular weight excluding hydrogens is 564 g/mol. The van der Waals surface area contributed by atoms with Crippen molar-refractivity contribution in [2.24, 2.45) is 5.92 Å². The van der Waals surface area contributed by atoms with Crippen LogP contribution in [0.15, 0.2) is 108 Å². The van der Waals surface area contributed by atoms with Gasteiger partial charge in [-0.3, -0.25) is 9.59 Å². The van der Waals surface area contributed by atoms with E-state index in [4.69, 9.17) is 14.2 Å². The van der Waals surface area contributed by atoms with Gasteiger partial charge in [-0.05, 0) is 52.8 Å². The molecule has 7 nitrogen and oxygen atoms in total. The van der Waals surface area contributed by atoms with Gasteiger partial charge in [-0.2, -0.15) is 0 Å². The monoisotopic (exact) mass is 600 g/mol. The van der Waals surface area contributed by atoms with E-state index in [9.17, 15) is 18.0 Å². The van der Waals surface area contributed by atoms with Crippen LogP contribution in [0.5, 0.6) is 5.75 Å². The third-order valence-electron chi connectivity index (χ3n) is 7.15. The first-order valence-electron chi connectivity index (χ1n) is 14.1. The van der Waals surface area contributed by atoms with Crippen molar-refractivity contribution in [3.63, 3.8) is 0 Å². The maximum absolute atomic E-state index is 13.5. The molecule has 0 amide bonds. The second-order valence-corrected chi connectivity index (χ2v) is 12.4. The molecule has 2 atom stereocenters. The number of rotatable bonds is 15. The summed E-state index contributed by atoms with van der Waals surface area (Å²) in [7, 11) is -4.00. The lowest BCUT2D eigenvalue weighted by Crippen LogP contribution is -2.22. The van der Waals surface area contributed by atoms with E-state index in [1.54, 1.807) is 24.3 Å². The van der Waals surface area contributed by atoms with Gasteiger partial charge >= 0.3 is 5.97 Å². The van der Waals surface area contributed by atoms with Crippen molar-refractivity contribution < 1.29 is 32.2 Å². The van der Waals surface area contributed by atoms with E-state index in [0.717, 1.165) is 23.0 Å². The summed E-state index contributed by atoms with van der Waals surface area (Å²) >= 11 is 0. The Kier molecular flexibility index (Phi) is 11.2. The number of hydrogen-bond acceptors (Lipinski definition) is 7. The van der Waals surface area contributed by atoms with Crippen LogP contribution in [0.3, 0.4) is 0 Å². The van der Waals surface area contributed by atoms with Gasteiger partial charge in [0.25, 0.3) is 0 Å². The van der Waals surface area contributed by atoms with Crippen molar-refractivity contribution in [2.75, 3.05) is 12.5 Å². The topological polar surface area (TPSA) is 96.0 Å². The van der Waals surface area contributed by atoms with Crippen LogP contribution in [0.25, 0.3) is 0 Å². The van der Waals surface area contributed by atoms with Gasteiger partial charge in [0.05, 0.1) is 18.1 Å². The number of hydrogen-bond donors (Lipinski definition) is 0. The Hall–Kier alpha value is -4.27. The van der Waals surface area contributed by atoms with Crippen molar-refractivity contribution >= 4 is 22.1 Å². The van der Waals surface area contributed by atoms with E-state index in [1.807, 2.05) is 79.7 Å². The average Bonchev–Trinajstić information content (AvgIpc) is 3.02. The Labute approximate surface area is 253 Å². The molecule has 0 spiro atoms. The van der Waals surface area contributed by atoms with Gasteiger partial charge < -0.3 is 14.2 Å². The van der Waals surface area contributed by atoms with Crippen molar-refractivity contribution in [2.45, 2.75) is 44.3 Å². The van der Waals surface area contributed by atoms with Crippen LogP contribution >= 0.6 is 0 Å². The van der Waals surface area contributed by atoms with E-state index in [-0.39, 0.29) is 23.3 Å². The first kappa shape index (κ1) is 31.7. The third-order valence-corrected chi connectivity index (χ3v) is 8.62. The highest BCUT2D eigenvalue weighted by Crippen LogP contribution is 2.36. The van der Waals surface area contributed by atoms with Gasteiger partial charge in [-0.1, -0.05) is 91.9 Å². The molecule has 224 valence electrons. The maximum Gasteiger partial charge on any atom is 0.303 e. The lowest BCUT2D eigenvalue weighted by Gasteiger charge is -2.27. The summed E-state index contributed by atoms with van der Waals surface area (Å²) in [5.74, 6) is -1.37. The number of carbonyl (C=O) groups excluding carboxylic acids is 2. The van der Waals surface area contributed by atoms with E-state index >= 15 is 0 Å². The molecule has 0 fully saturated rings. The minimum absolute atomic E-state index is 0.0669. The Morgan fingerprint density at radius 3 is 2.05 bits per heavy atom. The van der Waals surface area contributed by atoms with Crippen molar-refractivity contribution in [3.05, 3.63) is 131 Å². The quantitative estimate of drug-likeness (QED) is 0.113. The molecule has 4 aromatic carbocycles. The van der Waals surface area contributed by atoms with Gasteiger partial charge in [0.15, 0.2) is 5.94 Å². The van der Waals surface area contributed by atoms with E-state index in [2.05, 4.69) is 0 Å². The number of aldehydes is 1. The molecule has 0 heterocycles. The van der Waals surface area contributed by atoms with E-state index in [1.165, 1.54) is 13.0 Å². The molecule has 4 rings (SSSR count). The van der Waals surface area contributed by atoms with Crippen LogP contribution in [0.2, 0.25) is 0 Å². The Balaban J connectivity index is 1.70. The van der Waals surface area contributed by atoms with Gasteiger partial charge in [0, 0.05) is 18.4 Å². The molecule has 0 radical (unpaired) electrons. The molecule has 0 N–H and O–H groups in total. The van der Waals surface area contributed by atoms with Crippen LogP contribution in [0.1, 0.15) is 52.4 Å². The lowest BCUT2D eigenvalue weighted by molar-refractivity contribution is -0.138. The molecule has 0 aliphatic heterocycles. The van der Waals surface area contributed by atoms with Crippen LogP contribution in [0.4, 0.5) is 0 Å². The summed E-state index contributed by atoms with van der Waals surface area (Å²) in [6.07, 6.45) is 1.41. The fraction of sp³-hybridized carbons (Fsp3) is 0.257. The van der Waals surface area contributed by atoms with Crippen LogP contribution in [-0.2, 0) is 43.7 Å². The van der Waals surface area contributed by atoms with Gasteiger partial charge in [0.2, 0.25) is 9.84 Å². The molecule has 0 aromatic heterocycles. The number of ether oxygens (including phenoxy) is 3. The molecule has 43 heavy (non-hydrogen) atoms. The molecule has 0 aliphatic rings. The SMILES string of the molecule is CC(=O)OCS(=O)(=O)c1ccc(OCc2ccccc2)cc1C(COCc1ccccc1)C(C)Cc1ccc(C=O)cc1. The largest absolute Gasteiger partial charge is 0.489 e. The minimum Gasteiger partial charge on any atom is -0.489 e. The predicted octanol–water partition coefficient (Wildman–Crippen LogP) is 6.55. The Morgan fingerprint density at radius 1 is 0.814 bits per heavy atom. The number of esters is 1. The fourth-order valence-corrected chi connectivity index (χ4v) is 6.13. The molecule has 4 aromatic rings. The van der Waals surface area contributed by atoms with Crippen molar-refractivity contribution in [1.82, 2.24) is 0 Å². The van der Waals surface area contributed by atoms with Crippen molar-refractivity contribution in [3.8, 4) is 5.75 Å². The first-order valence-corrected chi connectivity index (χ1v) is 15.7. The van der Waals surface area contributed by atoms with Crippen LogP contribution in [0, 0.1) is 5.92 Å². The summed E-state index contributed by atoms with van der Waals surface area (Å²) in [5.41, 5.74) is 4.10. The molecule has 0 saturated heterocycles. The summed E-state index contributed by atoms with van der Waals surface area (Å²) in [6.45, 7) is 4.13. The highest BCUT2D eigenvalue weighted by Gasteiger charge is 2.29. The Morgan fingerprint density at radius 2 is 1.44 bits per heavy atom. The number of sulfone groups is 1. The van der Waals surface area contributed by atoms with E-state index < -0.39 is 21.7 Å². The third kappa shape index (κ3) is 9.36. The standard InChI is InChI=1S/C35H36O7S/c1-26(19-28-13-15-29(21-36)16-14-28)34(24-40-22-30-9-5-3-6-10-30)33-20-32(41-23-31-11-7-4-8-12-31)17-18-35(33)43(38,39)25-42-27(2)37/h3-18,20-21,26,34H,19,22-25H2,1-2H3. The van der Waals surface area contributed by atoms with Gasteiger partial charge in [0.1, 0.15) is 18.6 Å². The minimum atomic E-state index is -4.00. The fourth-order valence-electron chi connectivity index (χ4n) is 4.84. The summed E-state index contributed by atoms with van der Waals surface area (Å²) in [4.78, 5) is 22.7. The molecular formula is C35H36O7S. The molecule has 0 bridgehead atoms. The smallest absolute Gasteiger partial charge is 0.303 e. The first-order chi connectivity index (χ1) is 20.7. The van der Waals surface area contributed by atoms with Gasteiger partial charge in [-0.15, -0.1) is 0 Å². The van der Waals surface area contributed by atoms with Crippen molar-refractivity contribution in [1.29, 1.82) is 0 Å². The highest BCUT2D eigenvalue weighted by molar-refractivity contribution is 7.91. The van der Waals surface area contributed by atoms with Gasteiger partial charge in [-0.25, -0.2) is 8.42 Å².